The summed E-state index contributed by atoms with van der Waals surface area (Å²) < 4.78 is 30.9. The first kappa shape index (κ1) is 14.7. The average Bonchev–Trinajstić information content (AvgIpc) is 2.81. The number of rotatable bonds is 3. The van der Waals surface area contributed by atoms with Crippen LogP contribution in [0.5, 0.6) is 0 Å². The summed E-state index contributed by atoms with van der Waals surface area (Å²) >= 11 is 0. The molecule has 2 atom stereocenters. The van der Waals surface area contributed by atoms with Crippen LogP contribution in [0.1, 0.15) is 32.1 Å². The van der Waals surface area contributed by atoms with Crippen molar-refractivity contribution in [2.45, 2.75) is 55.5 Å². The van der Waals surface area contributed by atoms with Crippen molar-refractivity contribution in [1.29, 1.82) is 0 Å². The maximum atomic E-state index is 12.0. The molecule has 2 fully saturated rings. The smallest absolute Gasteiger partial charge is 0.269 e. The van der Waals surface area contributed by atoms with Gasteiger partial charge in [-0.25, -0.2) is 0 Å². The molecule has 0 unspecified atom stereocenters. The van der Waals surface area contributed by atoms with Gasteiger partial charge in [0.25, 0.3) is 10.1 Å². The standard InChI is InChI=1S/C11H21N3O4S/c12-7-1-3-8(4-2-7)14-11(15)10-5-9(6-13-10)19(16,17)18/h7-10,13H,1-6,12H2,(H,14,15)(H,16,17,18)/t7?,8?,9-,10+/m1/s1. The van der Waals surface area contributed by atoms with E-state index in [1.54, 1.807) is 0 Å². The van der Waals surface area contributed by atoms with Gasteiger partial charge in [-0.05, 0) is 32.1 Å². The van der Waals surface area contributed by atoms with Crippen molar-refractivity contribution >= 4 is 16.0 Å². The Bertz CT molecular complexity index is 431. The van der Waals surface area contributed by atoms with Crippen LogP contribution < -0.4 is 16.4 Å². The first-order valence-electron chi connectivity index (χ1n) is 6.62. The molecule has 0 aromatic rings. The summed E-state index contributed by atoms with van der Waals surface area (Å²) in [7, 11) is -4.07. The number of nitrogens with two attached hydrogens (primary N) is 1. The molecule has 110 valence electrons. The van der Waals surface area contributed by atoms with Crippen LogP contribution in [0.4, 0.5) is 0 Å². The van der Waals surface area contributed by atoms with E-state index in [0.29, 0.717) is 0 Å². The highest BCUT2D eigenvalue weighted by Crippen LogP contribution is 2.18. The van der Waals surface area contributed by atoms with Gasteiger partial charge in [-0.3, -0.25) is 9.35 Å². The van der Waals surface area contributed by atoms with Crippen LogP contribution in [0.15, 0.2) is 0 Å². The number of carbonyl (C=O) groups is 1. The summed E-state index contributed by atoms with van der Waals surface area (Å²) in [6, 6.07) is -0.192. The molecule has 1 saturated carbocycles. The molecule has 2 aliphatic rings. The zero-order valence-corrected chi connectivity index (χ0v) is 11.5. The van der Waals surface area contributed by atoms with E-state index in [4.69, 9.17) is 10.3 Å². The van der Waals surface area contributed by atoms with Crippen LogP contribution in [0.2, 0.25) is 0 Å². The van der Waals surface area contributed by atoms with Crippen molar-refractivity contribution < 1.29 is 17.8 Å². The summed E-state index contributed by atoms with van der Waals surface area (Å²) in [4.78, 5) is 12.0. The second kappa shape index (κ2) is 5.74. The molecule has 1 aliphatic heterocycles. The molecule has 0 radical (unpaired) electrons. The molecule has 19 heavy (non-hydrogen) atoms. The topological polar surface area (TPSA) is 122 Å². The summed E-state index contributed by atoms with van der Waals surface area (Å²) in [6.07, 6.45) is 3.65. The van der Waals surface area contributed by atoms with Gasteiger partial charge < -0.3 is 16.4 Å². The molecule has 0 bridgehead atoms. The fraction of sp³-hybridized carbons (Fsp3) is 0.909. The van der Waals surface area contributed by atoms with Crippen LogP contribution in [0.25, 0.3) is 0 Å². The Morgan fingerprint density at radius 3 is 2.42 bits per heavy atom. The quantitative estimate of drug-likeness (QED) is 0.494. The highest BCUT2D eigenvalue weighted by molar-refractivity contribution is 7.86. The second-order valence-electron chi connectivity index (χ2n) is 5.45. The predicted octanol–water partition coefficient (Wildman–Crippen LogP) is -1.01. The van der Waals surface area contributed by atoms with Crippen LogP contribution in [-0.2, 0) is 14.9 Å². The van der Waals surface area contributed by atoms with E-state index in [-0.39, 0.29) is 31.0 Å². The number of amides is 1. The van der Waals surface area contributed by atoms with Crippen LogP contribution in [0.3, 0.4) is 0 Å². The summed E-state index contributed by atoms with van der Waals surface area (Å²) in [5.41, 5.74) is 5.80. The Morgan fingerprint density at radius 1 is 1.26 bits per heavy atom. The molecule has 0 aromatic carbocycles. The van der Waals surface area contributed by atoms with Gasteiger partial charge in [0.05, 0.1) is 6.04 Å². The Kier molecular flexibility index (Phi) is 4.44. The van der Waals surface area contributed by atoms with Crippen molar-refractivity contribution in [2.24, 2.45) is 5.73 Å². The third kappa shape index (κ3) is 3.88. The maximum absolute atomic E-state index is 12.0. The minimum absolute atomic E-state index is 0.118. The Morgan fingerprint density at radius 2 is 1.89 bits per heavy atom. The molecule has 1 aliphatic carbocycles. The SMILES string of the molecule is NC1CCC(NC(=O)[C@@H]2C[C@@H](S(=O)(=O)O)CN2)CC1. The predicted molar refractivity (Wildman–Crippen MR) is 70.1 cm³/mol. The first-order chi connectivity index (χ1) is 8.86. The molecule has 0 aromatic heterocycles. The van der Waals surface area contributed by atoms with Gasteiger partial charge in [-0.2, -0.15) is 8.42 Å². The van der Waals surface area contributed by atoms with E-state index < -0.39 is 21.4 Å². The number of hydrogen-bond donors (Lipinski definition) is 4. The summed E-state index contributed by atoms with van der Waals surface area (Å²) in [6.45, 7) is 0.118. The Hall–Kier alpha value is -0.700. The lowest BCUT2D eigenvalue weighted by Gasteiger charge is -2.27. The van der Waals surface area contributed by atoms with E-state index in [1.807, 2.05) is 0 Å². The molecule has 2 rings (SSSR count). The molecule has 8 heteroatoms. The van der Waals surface area contributed by atoms with Crippen LogP contribution >= 0.6 is 0 Å². The van der Waals surface area contributed by atoms with E-state index in [9.17, 15) is 13.2 Å². The van der Waals surface area contributed by atoms with Crippen LogP contribution in [-0.4, -0.2) is 48.8 Å². The normalized spacial score (nSPS) is 36.1. The molecule has 1 amide bonds. The molecule has 1 heterocycles. The van der Waals surface area contributed by atoms with Gasteiger partial charge >= 0.3 is 0 Å². The van der Waals surface area contributed by atoms with Crippen molar-refractivity contribution in [1.82, 2.24) is 10.6 Å². The largest absolute Gasteiger partial charge is 0.352 e. The molecule has 1 saturated heterocycles. The van der Waals surface area contributed by atoms with Crippen LogP contribution in [0, 0.1) is 0 Å². The monoisotopic (exact) mass is 291 g/mol. The van der Waals surface area contributed by atoms with E-state index >= 15 is 0 Å². The number of carbonyl (C=O) groups excluding carboxylic acids is 1. The fourth-order valence-corrected chi connectivity index (χ4v) is 3.44. The van der Waals surface area contributed by atoms with Gasteiger partial charge in [0.2, 0.25) is 5.91 Å². The van der Waals surface area contributed by atoms with Crippen molar-refractivity contribution in [2.75, 3.05) is 6.54 Å². The van der Waals surface area contributed by atoms with Crippen molar-refractivity contribution in [3.8, 4) is 0 Å². The molecular formula is C11H21N3O4S. The third-order valence-electron chi connectivity index (χ3n) is 3.95. The first-order valence-corrected chi connectivity index (χ1v) is 8.12. The highest BCUT2D eigenvalue weighted by Gasteiger charge is 2.36. The summed E-state index contributed by atoms with van der Waals surface area (Å²) in [5.74, 6) is -0.188. The zero-order chi connectivity index (χ0) is 14.0. The van der Waals surface area contributed by atoms with Gasteiger partial charge in [0.15, 0.2) is 0 Å². The lowest BCUT2D eigenvalue weighted by Crippen LogP contribution is -2.47. The second-order valence-corrected chi connectivity index (χ2v) is 7.15. The minimum Gasteiger partial charge on any atom is -0.352 e. The highest BCUT2D eigenvalue weighted by atomic mass is 32.2. The Balaban J connectivity index is 1.82. The van der Waals surface area contributed by atoms with Gasteiger partial charge in [0, 0.05) is 18.6 Å². The van der Waals surface area contributed by atoms with Crippen molar-refractivity contribution in [3.63, 3.8) is 0 Å². The van der Waals surface area contributed by atoms with E-state index in [0.717, 1.165) is 25.7 Å². The lowest BCUT2D eigenvalue weighted by molar-refractivity contribution is -0.123. The number of nitrogens with one attached hydrogen (secondary N) is 2. The molecule has 5 N–H and O–H groups in total. The zero-order valence-electron chi connectivity index (χ0n) is 10.7. The fourth-order valence-electron chi connectivity index (χ4n) is 2.70. The minimum atomic E-state index is -4.07. The van der Waals surface area contributed by atoms with Crippen molar-refractivity contribution in [3.05, 3.63) is 0 Å². The van der Waals surface area contributed by atoms with E-state index in [2.05, 4.69) is 10.6 Å². The van der Waals surface area contributed by atoms with Gasteiger partial charge in [-0.15, -0.1) is 0 Å². The number of hydrogen-bond acceptors (Lipinski definition) is 5. The van der Waals surface area contributed by atoms with Gasteiger partial charge in [-0.1, -0.05) is 0 Å². The average molecular weight is 291 g/mol. The molecule has 0 spiro atoms. The molecular weight excluding hydrogens is 270 g/mol. The summed E-state index contributed by atoms with van der Waals surface area (Å²) in [5, 5.41) is 4.87. The maximum Gasteiger partial charge on any atom is 0.269 e. The van der Waals surface area contributed by atoms with Gasteiger partial charge in [0.1, 0.15) is 5.25 Å². The third-order valence-corrected chi connectivity index (χ3v) is 5.15. The molecule has 7 nitrogen and oxygen atoms in total. The lowest BCUT2D eigenvalue weighted by atomic mass is 9.91. The van der Waals surface area contributed by atoms with E-state index in [1.165, 1.54) is 0 Å². The Labute approximate surface area is 113 Å².